The minimum Gasteiger partial charge on any atom is -0.367 e. The monoisotopic (exact) mass is 111 g/mol. The van der Waals surface area contributed by atoms with Gasteiger partial charge in [0.2, 0.25) is 0 Å². The molecule has 0 amide bonds. The van der Waals surface area contributed by atoms with Crippen LogP contribution in [0.1, 0.15) is 6.92 Å². The predicted octanol–water partition coefficient (Wildman–Crippen LogP) is 0.613. The van der Waals surface area contributed by atoms with Crippen molar-refractivity contribution in [2.45, 2.75) is 6.92 Å². The Morgan fingerprint density at radius 3 is 2.75 bits per heavy atom. The molecule has 1 heterocycles. The molecule has 1 aromatic heterocycles. The Hall–Kier alpha value is -0.830. The standard InChI is InChI=1S/C5H7N2O/c1-5(8)7-3-2-6-4-7/h2-4,8H,1H3. The van der Waals surface area contributed by atoms with Gasteiger partial charge in [0.15, 0.2) is 6.23 Å². The van der Waals surface area contributed by atoms with Crippen molar-refractivity contribution in [1.82, 2.24) is 9.55 Å². The smallest absolute Gasteiger partial charge is 0.188 e. The molecule has 0 spiro atoms. The molecule has 0 aromatic carbocycles. The lowest BCUT2D eigenvalue weighted by Gasteiger charge is -1.99. The topological polar surface area (TPSA) is 38.0 Å². The fourth-order valence-electron chi connectivity index (χ4n) is 0.451. The summed E-state index contributed by atoms with van der Waals surface area (Å²) in [6.07, 6.45) is 5.06. The van der Waals surface area contributed by atoms with Gasteiger partial charge in [0.1, 0.15) is 0 Å². The van der Waals surface area contributed by atoms with Gasteiger partial charge in [0.25, 0.3) is 0 Å². The zero-order chi connectivity index (χ0) is 5.98. The maximum atomic E-state index is 8.75. The summed E-state index contributed by atoms with van der Waals surface area (Å²) in [7, 11) is 0. The first-order chi connectivity index (χ1) is 3.80. The van der Waals surface area contributed by atoms with Crippen LogP contribution in [0, 0.1) is 6.23 Å². The SMILES string of the molecule is C[C](O)n1ccnc1. The Labute approximate surface area is 47.6 Å². The molecule has 0 unspecified atom stereocenters. The number of hydrogen-bond acceptors (Lipinski definition) is 2. The lowest BCUT2D eigenvalue weighted by Crippen LogP contribution is -2.00. The fourth-order valence-corrected chi connectivity index (χ4v) is 0.451. The highest BCUT2D eigenvalue weighted by Gasteiger charge is 1.94. The summed E-state index contributed by atoms with van der Waals surface area (Å²) >= 11 is 0. The first-order valence-corrected chi connectivity index (χ1v) is 2.31. The van der Waals surface area contributed by atoms with Crippen LogP contribution in [0.15, 0.2) is 18.7 Å². The first kappa shape index (κ1) is 5.31. The van der Waals surface area contributed by atoms with Crippen molar-refractivity contribution in [3.8, 4) is 0 Å². The van der Waals surface area contributed by atoms with Crippen molar-refractivity contribution >= 4 is 0 Å². The van der Waals surface area contributed by atoms with Crippen LogP contribution in [0.25, 0.3) is 0 Å². The van der Waals surface area contributed by atoms with E-state index in [1.165, 1.54) is 10.9 Å². The van der Waals surface area contributed by atoms with Crippen LogP contribution in [0.3, 0.4) is 0 Å². The van der Waals surface area contributed by atoms with Crippen molar-refractivity contribution in [2.75, 3.05) is 0 Å². The van der Waals surface area contributed by atoms with Crippen LogP contribution in [0.2, 0.25) is 0 Å². The summed E-state index contributed by atoms with van der Waals surface area (Å²) in [6, 6.07) is 0. The number of aliphatic hydroxyl groups excluding tert-OH is 1. The lowest BCUT2D eigenvalue weighted by atomic mass is 10.6. The van der Waals surface area contributed by atoms with E-state index in [0.717, 1.165) is 0 Å². The molecule has 0 aliphatic carbocycles. The van der Waals surface area contributed by atoms with E-state index in [1.54, 1.807) is 19.3 Å². The average Bonchev–Trinajstić information content (AvgIpc) is 2.12. The van der Waals surface area contributed by atoms with Gasteiger partial charge in [0.05, 0.1) is 6.33 Å². The first-order valence-electron chi connectivity index (χ1n) is 2.31. The number of hydrogen-bond donors (Lipinski definition) is 1. The molecule has 0 saturated heterocycles. The molecule has 0 aliphatic rings. The molecule has 1 N–H and O–H groups in total. The van der Waals surface area contributed by atoms with E-state index in [9.17, 15) is 0 Å². The van der Waals surface area contributed by atoms with Crippen molar-refractivity contribution < 1.29 is 5.11 Å². The normalized spacial score (nSPS) is 10.4. The Balaban J connectivity index is 2.77. The second-order valence-corrected chi connectivity index (χ2v) is 1.52. The predicted molar refractivity (Wildman–Crippen MR) is 28.5 cm³/mol. The van der Waals surface area contributed by atoms with Crippen molar-refractivity contribution in [2.24, 2.45) is 0 Å². The zero-order valence-corrected chi connectivity index (χ0v) is 4.57. The van der Waals surface area contributed by atoms with Gasteiger partial charge in [-0.3, -0.25) is 0 Å². The van der Waals surface area contributed by atoms with E-state index < -0.39 is 0 Å². The molecule has 3 heteroatoms. The van der Waals surface area contributed by atoms with E-state index in [4.69, 9.17) is 5.11 Å². The largest absolute Gasteiger partial charge is 0.367 e. The molecule has 1 radical (unpaired) electrons. The molecule has 0 atom stereocenters. The van der Waals surface area contributed by atoms with Crippen LogP contribution in [0.4, 0.5) is 0 Å². The van der Waals surface area contributed by atoms with Gasteiger partial charge in [-0.15, -0.1) is 0 Å². The highest BCUT2D eigenvalue weighted by Crippen LogP contribution is 1.94. The fraction of sp³-hybridized carbons (Fsp3) is 0.200. The maximum absolute atomic E-state index is 8.75. The van der Waals surface area contributed by atoms with E-state index in [0.29, 0.717) is 0 Å². The molecule has 3 nitrogen and oxygen atoms in total. The molecule has 8 heavy (non-hydrogen) atoms. The van der Waals surface area contributed by atoms with Crippen LogP contribution >= 0.6 is 0 Å². The second kappa shape index (κ2) is 1.96. The Bertz CT molecular complexity index is 145. The number of aromatic nitrogens is 2. The van der Waals surface area contributed by atoms with Gasteiger partial charge >= 0.3 is 0 Å². The summed E-state index contributed by atoms with van der Waals surface area (Å²) in [5.74, 6) is 0. The van der Waals surface area contributed by atoms with Gasteiger partial charge in [-0.1, -0.05) is 0 Å². The van der Waals surface area contributed by atoms with Crippen molar-refractivity contribution in [3.05, 3.63) is 24.9 Å². The average molecular weight is 111 g/mol. The quantitative estimate of drug-likeness (QED) is 0.576. The Kier molecular flexibility index (Phi) is 1.30. The van der Waals surface area contributed by atoms with Crippen LogP contribution in [-0.4, -0.2) is 14.7 Å². The molecule has 0 aliphatic heterocycles. The van der Waals surface area contributed by atoms with Crippen molar-refractivity contribution in [1.29, 1.82) is 0 Å². The van der Waals surface area contributed by atoms with Crippen LogP contribution < -0.4 is 0 Å². The third kappa shape index (κ3) is 0.869. The third-order valence-electron chi connectivity index (χ3n) is 0.878. The molecular formula is C5H7N2O. The summed E-state index contributed by atoms with van der Waals surface area (Å²) in [5.41, 5.74) is 0. The van der Waals surface area contributed by atoms with E-state index in [1.807, 2.05) is 0 Å². The van der Waals surface area contributed by atoms with Crippen LogP contribution in [-0.2, 0) is 0 Å². The Morgan fingerprint density at radius 1 is 1.75 bits per heavy atom. The maximum Gasteiger partial charge on any atom is 0.188 e. The van der Waals surface area contributed by atoms with Crippen molar-refractivity contribution in [3.63, 3.8) is 0 Å². The molecule has 1 rings (SSSR count). The highest BCUT2D eigenvalue weighted by molar-refractivity contribution is 4.83. The second-order valence-electron chi connectivity index (χ2n) is 1.52. The minimum absolute atomic E-state index is 0.238. The number of aliphatic hydroxyl groups is 1. The summed E-state index contributed by atoms with van der Waals surface area (Å²) < 4.78 is 1.53. The van der Waals surface area contributed by atoms with Gasteiger partial charge < -0.3 is 9.67 Å². The molecule has 0 fully saturated rings. The summed E-state index contributed by atoms with van der Waals surface area (Å²) in [4.78, 5) is 3.73. The zero-order valence-electron chi connectivity index (χ0n) is 4.57. The summed E-state index contributed by atoms with van der Waals surface area (Å²) in [6.45, 7) is 1.60. The molecule has 0 saturated carbocycles. The number of nitrogens with zero attached hydrogens (tertiary/aromatic N) is 2. The van der Waals surface area contributed by atoms with Crippen LogP contribution in [0.5, 0.6) is 0 Å². The molecule has 1 aromatic rings. The third-order valence-corrected chi connectivity index (χ3v) is 0.878. The number of rotatable bonds is 1. The van der Waals surface area contributed by atoms with Gasteiger partial charge in [-0.05, 0) is 6.92 Å². The van der Waals surface area contributed by atoms with E-state index in [-0.39, 0.29) is 6.23 Å². The van der Waals surface area contributed by atoms with Gasteiger partial charge in [0, 0.05) is 12.4 Å². The van der Waals surface area contributed by atoms with E-state index >= 15 is 0 Å². The minimum atomic E-state index is 0.238. The van der Waals surface area contributed by atoms with Gasteiger partial charge in [-0.2, -0.15) is 0 Å². The van der Waals surface area contributed by atoms with E-state index in [2.05, 4.69) is 4.98 Å². The molecule has 0 bridgehead atoms. The highest BCUT2D eigenvalue weighted by atomic mass is 16.3. The summed E-state index contributed by atoms with van der Waals surface area (Å²) in [5, 5.41) is 8.75. The Morgan fingerprint density at radius 2 is 2.50 bits per heavy atom. The molecule has 43 valence electrons. The molecular weight excluding hydrogens is 104 g/mol. The number of imidazole rings is 1. The van der Waals surface area contributed by atoms with Gasteiger partial charge in [-0.25, -0.2) is 4.98 Å². The lowest BCUT2D eigenvalue weighted by molar-refractivity contribution is 0.278.